The molecule has 3 nitrogen and oxygen atoms in total. The maximum absolute atomic E-state index is 11.9. The molecule has 1 saturated heterocycles. The molecule has 2 N–H and O–H groups in total. The van der Waals surface area contributed by atoms with E-state index in [2.05, 4.69) is 26.6 Å². The SMILES string of the molecule is O=C(N[C@@H]1CCCNC1)c1cccc(Br)c1. The van der Waals surface area contributed by atoms with E-state index in [1.165, 1.54) is 0 Å². The largest absolute Gasteiger partial charge is 0.348 e. The van der Waals surface area contributed by atoms with Crippen LogP contribution in [0.2, 0.25) is 0 Å². The lowest BCUT2D eigenvalue weighted by Crippen LogP contribution is -2.45. The predicted molar refractivity (Wildman–Crippen MR) is 67.5 cm³/mol. The summed E-state index contributed by atoms with van der Waals surface area (Å²) in [5.41, 5.74) is 0.708. The van der Waals surface area contributed by atoms with Crippen molar-refractivity contribution in [2.75, 3.05) is 13.1 Å². The summed E-state index contributed by atoms with van der Waals surface area (Å²) >= 11 is 3.36. The second-order valence-electron chi connectivity index (χ2n) is 4.03. The van der Waals surface area contributed by atoms with Crippen LogP contribution >= 0.6 is 15.9 Å². The van der Waals surface area contributed by atoms with Crippen molar-refractivity contribution in [1.82, 2.24) is 10.6 Å². The average Bonchev–Trinajstić information content (AvgIpc) is 2.30. The first-order valence-corrected chi connectivity index (χ1v) is 6.32. The topological polar surface area (TPSA) is 41.1 Å². The molecule has 0 radical (unpaired) electrons. The highest BCUT2D eigenvalue weighted by molar-refractivity contribution is 9.10. The quantitative estimate of drug-likeness (QED) is 0.870. The van der Waals surface area contributed by atoms with Crippen LogP contribution in [0.4, 0.5) is 0 Å². The van der Waals surface area contributed by atoms with Gasteiger partial charge in [0.05, 0.1) is 0 Å². The summed E-state index contributed by atoms with van der Waals surface area (Å²) in [4.78, 5) is 11.9. The third kappa shape index (κ3) is 3.06. The summed E-state index contributed by atoms with van der Waals surface area (Å²) in [5, 5.41) is 6.32. The van der Waals surface area contributed by atoms with Gasteiger partial charge in [0.1, 0.15) is 0 Å². The maximum atomic E-state index is 11.9. The van der Waals surface area contributed by atoms with E-state index in [0.717, 1.165) is 30.4 Å². The van der Waals surface area contributed by atoms with Crippen molar-refractivity contribution in [3.05, 3.63) is 34.3 Å². The van der Waals surface area contributed by atoms with Crippen LogP contribution < -0.4 is 10.6 Å². The number of hydrogen-bond donors (Lipinski definition) is 2. The number of carbonyl (C=O) groups is 1. The Bertz CT molecular complexity index is 375. The van der Waals surface area contributed by atoms with E-state index in [4.69, 9.17) is 0 Å². The van der Waals surface area contributed by atoms with Gasteiger partial charge in [0.15, 0.2) is 0 Å². The van der Waals surface area contributed by atoms with Gasteiger partial charge in [0.25, 0.3) is 5.91 Å². The molecular formula is C12H15BrN2O. The number of carbonyl (C=O) groups excluding carboxylic acids is 1. The average molecular weight is 283 g/mol. The smallest absolute Gasteiger partial charge is 0.251 e. The van der Waals surface area contributed by atoms with Gasteiger partial charge in [-0.1, -0.05) is 22.0 Å². The molecule has 0 bridgehead atoms. The lowest BCUT2D eigenvalue weighted by Gasteiger charge is -2.23. The van der Waals surface area contributed by atoms with Gasteiger partial charge in [-0.2, -0.15) is 0 Å². The van der Waals surface area contributed by atoms with Crippen molar-refractivity contribution in [1.29, 1.82) is 0 Å². The molecule has 4 heteroatoms. The van der Waals surface area contributed by atoms with E-state index < -0.39 is 0 Å². The minimum Gasteiger partial charge on any atom is -0.348 e. The summed E-state index contributed by atoms with van der Waals surface area (Å²) in [7, 11) is 0. The summed E-state index contributed by atoms with van der Waals surface area (Å²) in [5.74, 6) is 0.00926. The fraction of sp³-hybridized carbons (Fsp3) is 0.417. The third-order valence-electron chi connectivity index (χ3n) is 2.72. The van der Waals surface area contributed by atoms with Gasteiger partial charge in [0, 0.05) is 22.6 Å². The number of benzene rings is 1. The molecular weight excluding hydrogens is 268 g/mol. The lowest BCUT2D eigenvalue weighted by atomic mass is 10.1. The first kappa shape index (κ1) is 11.6. The number of nitrogens with one attached hydrogen (secondary N) is 2. The minimum absolute atomic E-state index is 0.00926. The van der Waals surface area contributed by atoms with Gasteiger partial charge in [-0.3, -0.25) is 4.79 Å². The normalized spacial score (nSPS) is 20.4. The van der Waals surface area contributed by atoms with Crippen molar-refractivity contribution in [3.63, 3.8) is 0 Å². The van der Waals surface area contributed by atoms with E-state index in [1.54, 1.807) is 0 Å². The van der Waals surface area contributed by atoms with Crippen LogP contribution in [-0.4, -0.2) is 25.0 Å². The first-order chi connectivity index (χ1) is 7.75. The highest BCUT2D eigenvalue weighted by Crippen LogP contribution is 2.12. The summed E-state index contributed by atoms with van der Waals surface area (Å²) < 4.78 is 0.932. The molecule has 1 heterocycles. The molecule has 1 aliphatic heterocycles. The zero-order chi connectivity index (χ0) is 11.4. The molecule has 1 aromatic carbocycles. The number of hydrogen-bond acceptors (Lipinski definition) is 2. The fourth-order valence-electron chi connectivity index (χ4n) is 1.87. The molecule has 1 atom stereocenters. The molecule has 1 aliphatic rings. The Balaban J connectivity index is 1.97. The Morgan fingerprint density at radius 1 is 1.50 bits per heavy atom. The summed E-state index contributed by atoms with van der Waals surface area (Å²) in [6, 6.07) is 7.72. The van der Waals surface area contributed by atoms with Crippen LogP contribution in [0.5, 0.6) is 0 Å². The third-order valence-corrected chi connectivity index (χ3v) is 3.21. The molecule has 0 aromatic heterocycles. The monoisotopic (exact) mass is 282 g/mol. The Kier molecular flexibility index (Phi) is 3.96. The molecule has 1 amide bonds. The van der Waals surface area contributed by atoms with Crippen molar-refractivity contribution >= 4 is 21.8 Å². The Labute approximate surface area is 104 Å². The molecule has 0 saturated carbocycles. The zero-order valence-electron chi connectivity index (χ0n) is 9.00. The van der Waals surface area contributed by atoms with Crippen LogP contribution in [0.25, 0.3) is 0 Å². The zero-order valence-corrected chi connectivity index (χ0v) is 10.6. The van der Waals surface area contributed by atoms with Crippen molar-refractivity contribution in [2.45, 2.75) is 18.9 Å². The van der Waals surface area contributed by atoms with Crippen LogP contribution in [0.3, 0.4) is 0 Å². The Morgan fingerprint density at radius 3 is 3.06 bits per heavy atom. The molecule has 0 unspecified atom stereocenters. The van der Waals surface area contributed by atoms with Gasteiger partial charge < -0.3 is 10.6 Å². The highest BCUT2D eigenvalue weighted by atomic mass is 79.9. The number of halogens is 1. The van der Waals surface area contributed by atoms with Gasteiger partial charge in [-0.25, -0.2) is 0 Å². The van der Waals surface area contributed by atoms with E-state index >= 15 is 0 Å². The number of piperidine rings is 1. The van der Waals surface area contributed by atoms with Gasteiger partial charge in [0.2, 0.25) is 0 Å². The standard InChI is InChI=1S/C12H15BrN2O/c13-10-4-1-3-9(7-10)12(16)15-11-5-2-6-14-8-11/h1,3-4,7,11,14H,2,5-6,8H2,(H,15,16)/t11-/m1/s1. The molecule has 2 rings (SSSR count). The van der Waals surface area contributed by atoms with E-state index in [1.807, 2.05) is 24.3 Å². The van der Waals surface area contributed by atoms with E-state index in [9.17, 15) is 4.79 Å². The van der Waals surface area contributed by atoms with Crippen LogP contribution in [0, 0.1) is 0 Å². The molecule has 1 aromatic rings. The fourth-order valence-corrected chi connectivity index (χ4v) is 2.27. The van der Waals surface area contributed by atoms with Crippen molar-refractivity contribution < 1.29 is 4.79 Å². The van der Waals surface area contributed by atoms with Gasteiger partial charge in [-0.05, 0) is 37.6 Å². The molecule has 16 heavy (non-hydrogen) atoms. The maximum Gasteiger partial charge on any atom is 0.251 e. The Hall–Kier alpha value is -0.870. The Morgan fingerprint density at radius 2 is 2.38 bits per heavy atom. The molecule has 86 valence electrons. The minimum atomic E-state index is 0.00926. The van der Waals surface area contributed by atoms with Crippen LogP contribution in [0.15, 0.2) is 28.7 Å². The number of amides is 1. The second kappa shape index (κ2) is 5.46. The lowest BCUT2D eigenvalue weighted by molar-refractivity contribution is 0.0930. The number of rotatable bonds is 2. The summed E-state index contributed by atoms with van der Waals surface area (Å²) in [6.45, 7) is 1.93. The van der Waals surface area contributed by atoms with Crippen molar-refractivity contribution in [2.24, 2.45) is 0 Å². The van der Waals surface area contributed by atoms with E-state index in [-0.39, 0.29) is 11.9 Å². The second-order valence-corrected chi connectivity index (χ2v) is 4.94. The van der Waals surface area contributed by atoms with E-state index in [0.29, 0.717) is 5.56 Å². The molecule has 0 spiro atoms. The predicted octanol–water partition coefficient (Wildman–Crippen LogP) is 1.93. The van der Waals surface area contributed by atoms with Gasteiger partial charge >= 0.3 is 0 Å². The first-order valence-electron chi connectivity index (χ1n) is 5.53. The summed E-state index contributed by atoms with van der Waals surface area (Å²) in [6.07, 6.45) is 2.19. The van der Waals surface area contributed by atoms with Crippen LogP contribution in [-0.2, 0) is 0 Å². The molecule has 0 aliphatic carbocycles. The molecule has 1 fully saturated rings. The highest BCUT2D eigenvalue weighted by Gasteiger charge is 2.16. The van der Waals surface area contributed by atoms with Crippen molar-refractivity contribution in [3.8, 4) is 0 Å². The van der Waals surface area contributed by atoms with Crippen LogP contribution in [0.1, 0.15) is 23.2 Å². The van der Waals surface area contributed by atoms with Gasteiger partial charge in [-0.15, -0.1) is 0 Å².